The molecule has 0 radical (unpaired) electrons. The van der Waals surface area contributed by atoms with Crippen molar-refractivity contribution in [2.75, 3.05) is 12.0 Å². The Morgan fingerprint density at radius 3 is 2.53 bits per heavy atom. The van der Waals surface area contributed by atoms with E-state index >= 15 is 0 Å². The van der Waals surface area contributed by atoms with Gasteiger partial charge < -0.3 is 18.8 Å². The van der Waals surface area contributed by atoms with Gasteiger partial charge in [-0.15, -0.1) is 0 Å². The fourth-order valence-corrected chi connectivity index (χ4v) is 5.02. The van der Waals surface area contributed by atoms with E-state index in [2.05, 4.69) is 0 Å². The van der Waals surface area contributed by atoms with Gasteiger partial charge in [0.25, 0.3) is 5.91 Å². The Morgan fingerprint density at radius 2 is 1.75 bits per heavy atom. The van der Waals surface area contributed by atoms with E-state index in [9.17, 15) is 14.7 Å². The number of anilines is 1. The van der Waals surface area contributed by atoms with Gasteiger partial charge in [-0.1, -0.05) is 48.5 Å². The van der Waals surface area contributed by atoms with Gasteiger partial charge in [0.15, 0.2) is 22.9 Å². The lowest BCUT2D eigenvalue weighted by atomic mass is 9.94. The number of hydrogen-bond acceptors (Lipinski definition) is 5. The third kappa shape index (κ3) is 3.13. The molecule has 1 aliphatic rings. The summed E-state index contributed by atoms with van der Waals surface area (Å²) in [6.45, 7) is 0. The zero-order valence-corrected chi connectivity index (χ0v) is 19.6. The number of ether oxygens (including phenoxy) is 1. The Hall–Kier alpha value is -4.78. The number of aliphatic hydroxyl groups excluding tert-OH is 1. The van der Waals surface area contributed by atoms with E-state index in [-0.39, 0.29) is 11.3 Å². The molecular weight excluding hydrogens is 456 g/mol. The molecule has 0 aliphatic carbocycles. The number of amides is 1. The van der Waals surface area contributed by atoms with Crippen LogP contribution in [-0.4, -0.2) is 28.5 Å². The first-order chi connectivity index (χ1) is 17.5. The zero-order chi connectivity index (χ0) is 25.0. The van der Waals surface area contributed by atoms with E-state index in [1.807, 2.05) is 66.3 Å². The molecule has 0 fully saturated rings. The molecular formula is C29H22N2O5. The molecule has 3 heterocycles. The SMILES string of the molecule is COc1cccc2cc(C(=O)C3=C(O)C(=O)N(c4ccccc4)C3c3cn(C)c4ccccc34)oc12. The summed E-state index contributed by atoms with van der Waals surface area (Å²) < 4.78 is 13.2. The highest BCUT2D eigenvalue weighted by atomic mass is 16.5. The van der Waals surface area contributed by atoms with E-state index in [1.54, 1.807) is 30.3 Å². The smallest absolute Gasteiger partial charge is 0.294 e. The molecule has 1 unspecified atom stereocenters. The number of rotatable bonds is 5. The van der Waals surface area contributed by atoms with Crippen LogP contribution in [-0.2, 0) is 11.8 Å². The van der Waals surface area contributed by atoms with Gasteiger partial charge in [0, 0.05) is 40.8 Å². The number of hydrogen-bond donors (Lipinski definition) is 1. The highest BCUT2D eigenvalue weighted by molar-refractivity contribution is 6.21. The van der Waals surface area contributed by atoms with E-state index in [0.717, 1.165) is 16.5 Å². The first-order valence-corrected chi connectivity index (χ1v) is 11.5. The monoisotopic (exact) mass is 478 g/mol. The average Bonchev–Trinajstić information content (AvgIpc) is 3.56. The second-order valence-corrected chi connectivity index (χ2v) is 8.71. The van der Waals surface area contributed by atoms with Crippen molar-refractivity contribution >= 4 is 39.2 Å². The molecule has 178 valence electrons. The molecule has 7 nitrogen and oxygen atoms in total. The van der Waals surface area contributed by atoms with Crippen molar-refractivity contribution < 1.29 is 23.8 Å². The summed E-state index contributed by atoms with van der Waals surface area (Å²) in [6, 6.07) is 22.9. The van der Waals surface area contributed by atoms with Crippen molar-refractivity contribution in [1.82, 2.24) is 4.57 Å². The third-order valence-electron chi connectivity index (χ3n) is 6.66. The average molecular weight is 479 g/mol. The largest absolute Gasteiger partial charge is 0.503 e. The van der Waals surface area contributed by atoms with E-state index in [1.165, 1.54) is 12.0 Å². The lowest BCUT2D eigenvalue weighted by Gasteiger charge is -2.26. The van der Waals surface area contributed by atoms with Crippen molar-refractivity contribution in [3.63, 3.8) is 0 Å². The van der Waals surface area contributed by atoms with Crippen LogP contribution >= 0.6 is 0 Å². The number of ketones is 1. The summed E-state index contributed by atoms with van der Waals surface area (Å²) in [5.41, 5.74) is 2.64. The number of furan rings is 1. The number of carbonyl (C=O) groups is 2. The fraction of sp³-hybridized carbons (Fsp3) is 0.103. The van der Waals surface area contributed by atoms with Gasteiger partial charge in [-0.25, -0.2) is 0 Å². The minimum Gasteiger partial charge on any atom is -0.503 e. The lowest BCUT2D eigenvalue weighted by molar-refractivity contribution is -0.117. The molecule has 2 aromatic heterocycles. The number of aliphatic hydroxyl groups is 1. The first kappa shape index (κ1) is 21.7. The van der Waals surface area contributed by atoms with Crippen molar-refractivity contribution in [3.05, 3.63) is 108 Å². The Bertz CT molecular complexity index is 1690. The quantitative estimate of drug-likeness (QED) is 0.327. The van der Waals surface area contributed by atoms with E-state index < -0.39 is 23.5 Å². The first-order valence-electron chi connectivity index (χ1n) is 11.5. The molecule has 1 amide bonds. The van der Waals surface area contributed by atoms with Gasteiger partial charge in [0.05, 0.1) is 18.7 Å². The zero-order valence-electron chi connectivity index (χ0n) is 19.6. The molecule has 3 aromatic carbocycles. The molecule has 6 rings (SSSR count). The highest BCUT2D eigenvalue weighted by Gasteiger charge is 2.46. The number of nitrogens with zero attached hydrogens (tertiary/aromatic N) is 2. The van der Waals surface area contributed by atoms with Crippen LogP contribution in [0.3, 0.4) is 0 Å². The molecule has 0 saturated carbocycles. The Morgan fingerprint density at radius 1 is 1.00 bits per heavy atom. The van der Waals surface area contributed by atoms with Crippen molar-refractivity contribution in [3.8, 4) is 5.75 Å². The van der Waals surface area contributed by atoms with Crippen molar-refractivity contribution in [1.29, 1.82) is 0 Å². The third-order valence-corrected chi connectivity index (χ3v) is 6.66. The number of fused-ring (bicyclic) bond motifs is 2. The Balaban J connectivity index is 1.57. The topological polar surface area (TPSA) is 84.9 Å². The number of benzene rings is 3. The van der Waals surface area contributed by atoms with Gasteiger partial charge >= 0.3 is 0 Å². The number of methoxy groups -OCH3 is 1. The molecule has 0 bridgehead atoms. The van der Waals surface area contributed by atoms with Gasteiger partial charge in [-0.05, 0) is 30.3 Å². The number of Topliss-reactive ketones (excluding diaryl/α,β-unsaturated/α-hetero) is 1. The van der Waals surface area contributed by atoms with E-state index in [4.69, 9.17) is 9.15 Å². The van der Waals surface area contributed by atoms with Crippen LogP contribution in [0.15, 0.2) is 101 Å². The number of aromatic nitrogens is 1. The standard InChI is InChI=1S/C29H22N2O5/c1-30-16-20(19-12-6-7-13-21(19)30)25-24(27(33)29(34)31(25)18-10-4-3-5-11-18)26(32)23-15-17-9-8-14-22(35-2)28(17)36-23/h3-16,25,33H,1-2H3. The lowest BCUT2D eigenvalue weighted by Crippen LogP contribution is -2.30. The summed E-state index contributed by atoms with van der Waals surface area (Å²) in [6.07, 6.45) is 1.89. The highest BCUT2D eigenvalue weighted by Crippen LogP contribution is 2.45. The van der Waals surface area contributed by atoms with Gasteiger partial charge in [0.2, 0.25) is 5.78 Å². The molecule has 0 saturated heterocycles. The van der Waals surface area contributed by atoms with Crippen LogP contribution in [0.4, 0.5) is 5.69 Å². The summed E-state index contributed by atoms with van der Waals surface area (Å²) in [7, 11) is 3.43. The van der Waals surface area contributed by atoms with Crippen LogP contribution in [0.25, 0.3) is 21.9 Å². The van der Waals surface area contributed by atoms with E-state index in [0.29, 0.717) is 22.4 Å². The molecule has 1 aliphatic heterocycles. The fourth-order valence-electron chi connectivity index (χ4n) is 5.02. The Labute approximate surface area is 206 Å². The predicted molar refractivity (Wildman–Crippen MR) is 136 cm³/mol. The number of carbonyl (C=O) groups excluding carboxylic acids is 2. The second-order valence-electron chi connectivity index (χ2n) is 8.71. The molecule has 1 N–H and O–H groups in total. The van der Waals surface area contributed by atoms with Crippen molar-refractivity contribution in [2.45, 2.75) is 6.04 Å². The number of para-hydroxylation sites is 3. The molecule has 0 spiro atoms. The minimum absolute atomic E-state index is 0.0176. The summed E-state index contributed by atoms with van der Waals surface area (Å²) in [5.74, 6) is -1.28. The molecule has 1 atom stereocenters. The van der Waals surface area contributed by atoms with Crippen LogP contribution in [0.1, 0.15) is 22.2 Å². The normalized spacial score (nSPS) is 15.9. The predicted octanol–water partition coefficient (Wildman–Crippen LogP) is 5.72. The van der Waals surface area contributed by atoms with Crippen LogP contribution in [0, 0.1) is 0 Å². The Kier molecular flexibility index (Phi) is 4.93. The van der Waals surface area contributed by atoms with Crippen molar-refractivity contribution in [2.24, 2.45) is 7.05 Å². The maximum absolute atomic E-state index is 13.9. The number of aryl methyl sites for hydroxylation is 1. The molecule has 36 heavy (non-hydrogen) atoms. The van der Waals surface area contributed by atoms with Crippen LogP contribution < -0.4 is 9.64 Å². The summed E-state index contributed by atoms with van der Waals surface area (Å²) in [4.78, 5) is 28.9. The van der Waals surface area contributed by atoms with Gasteiger partial charge in [-0.2, -0.15) is 0 Å². The van der Waals surface area contributed by atoms with Gasteiger partial charge in [0.1, 0.15) is 0 Å². The summed E-state index contributed by atoms with van der Waals surface area (Å²) in [5, 5.41) is 12.7. The van der Waals surface area contributed by atoms with Gasteiger partial charge in [-0.3, -0.25) is 14.5 Å². The maximum Gasteiger partial charge on any atom is 0.294 e. The molecule has 7 heteroatoms. The summed E-state index contributed by atoms with van der Waals surface area (Å²) >= 11 is 0. The molecule has 5 aromatic rings. The maximum atomic E-state index is 13.9. The van der Waals surface area contributed by atoms with Crippen LogP contribution in [0.2, 0.25) is 0 Å². The minimum atomic E-state index is -0.853. The second kappa shape index (κ2) is 8.16. The van der Waals surface area contributed by atoms with Crippen LogP contribution in [0.5, 0.6) is 5.75 Å².